The molecule has 25 heavy (non-hydrogen) atoms. The molecule has 2 atom stereocenters. The van der Waals surface area contributed by atoms with Crippen molar-refractivity contribution in [2.24, 2.45) is 5.73 Å². The topological polar surface area (TPSA) is 94.0 Å². The zero-order chi connectivity index (χ0) is 16.9. The number of aromatic nitrogens is 2. The van der Waals surface area contributed by atoms with Gasteiger partial charge in [0.05, 0.1) is 0 Å². The third-order valence-electron chi connectivity index (χ3n) is 4.60. The molecule has 0 spiro atoms. The summed E-state index contributed by atoms with van der Waals surface area (Å²) in [7, 11) is 0. The molecule has 1 amide bonds. The first kappa shape index (κ1) is 19.4. The van der Waals surface area contributed by atoms with Crippen LogP contribution in [0.1, 0.15) is 74.3 Å². The number of nitrogens with two attached hydrogens (primary N) is 1. The summed E-state index contributed by atoms with van der Waals surface area (Å²) >= 11 is 0. The third-order valence-corrected chi connectivity index (χ3v) is 4.60. The van der Waals surface area contributed by atoms with E-state index < -0.39 is 6.04 Å². The normalized spacial score (nSPS) is 17.4. The number of amides is 1. The number of nitrogens with one attached hydrogen (secondary N) is 1. The molecular weight excluding hydrogens is 340 g/mol. The Labute approximate surface area is 154 Å². The summed E-state index contributed by atoms with van der Waals surface area (Å²) in [5, 5.41) is 6.95. The Hall–Kier alpha value is -1.92. The summed E-state index contributed by atoms with van der Waals surface area (Å²) in [5.74, 6) is 1.32. The molecule has 2 unspecified atom stereocenters. The van der Waals surface area contributed by atoms with Crippen LogP contribution < -0.4 is 11.1 Å². The van der Waals surface area contributed by atoms with Gasteiger partial charge in [-0.2, -0.15) is 4.98 Å². The van der Waals surface area contributed by atoms with Gasteiger partial charge in [-0.25, -0.2) is 0 Å². The zero-order valence-electron chi connectivity index (χ0n) is 14.4. The lowest BCUT2D eigenvalue weighted by Crippen LogP contribution is -2.35. The summed E-state index contributed by atoms with van der Waals surface area (Å²) in [6.45, 7) is 1.83. The number of carbonyl (C=O) groups excluding carboxylic acids is 1. The van der Waals surface area contributed by atoms with Gasteiger partial charge in [0.1, 0.15) is 12.1 Å². The van der Waals surface area contributed by atoms with Crippen LogP contribution in [0.3, 0.4) is 0 Å². The first-order chi connectivity index (χ1) is 11.6. The lowest BCUT2D eigenvalue weighted by Gasteiger charge is -2.17. The molecule has 0 radical (unpaired) electrons. The van der Waals surface area contributed by atoms with Crippen molar-refractivity contribution in [1.82, 2.24) is 15.5 Å². The molecule has 3 rings (SSSR count). The Morgan fingerprint density at radius 3 is 2.60 bits per heavy atom. The average molecular weight is 365 g/mol. The summed E-state index contributed by atoms with van der Waals surface area (Å²) in [5.41, 5.74) is 6.78. The van der Waals surface area contributed by atoms with Gasteiger partial charge >= 0.3 is 0 Å². The van der Waals surface area contributed by atoms with Gasteiger partial charge in [-0.3, -0.25) is 4.79 Å². The van der Waals surface area contributed by atoms with Crippen molar-refractivity contribution in [3.63, 3.8) is 0 Å². The molecule has 2 aromatic rings. The first-order valence-electron chi connectivity index (χ1n) is 8.59. The molecule has 0 saturated heterocycles. The minimum Gasteiger partial charge on any atom is -0.343 e. The van der Waals surface area contributed by atoms with Gasteiger partial charge in [0, 0.05) is 5.92 Å². The van der Waals surface area contributed by atoms with Crippen molar-refractivity contribution in [3.05, 3.63) is 47.6 Å². The van der Waals surface area contributed by atoms with Crippen LogP contribution in [0, 0.1) is 0 Å². The number of benzene rings is 1. The number of hydrogen-bond donors (Lipinski definition) is 2. The lowest BCUT2D eigenvalue weighted by atomic mass is 9.89. The number of carbonyl (C=O) groups is 1. The Balaban J connectivity index is 0.00000225. The molecule has 7 heteroatoms. The molecule has 1 aromatic heterocycles. The molecule has 1 saturated carbocycles. The number of halogens is 1. The third kappa shape index (κ3) is 4.80. The van der Waals surface area contributed by atoms with Crippen molar-refractivity contribution in [2.75, 3.05) is 0 Å². The van der Waals surface area contributed by atoms with Crippen LogP contribution in [0.5, 0.6) is 0 Å². The fourth-order valence-electron chi connectivity index (χ4n) is 3.13. The number of nitrogens with zero attached hydrogens (tertiary/aromatic N) is 2. The molecular formula is C18H25ClN4O2. The van der Waals surface area contributed by atoms with Crippen LogP contribution in [0.2, 0.25) is 0 Å². The van der Waals surface area contributed by atoms with Gasteiger partial charge in [0.15, 0.2) is 5.82 Å². The molecule has 1 aliphatic carbocycles. The second-order valence-corrected chi connectivity index (χ2v) is 6.44. The van der Waals surface area contributed by atoms with E-state index in [0.717, 1.165) is 24.2 Å². The Kier molecular flexibility index (Phi) is 6.96. The monoisotopic (exact) mass is 364 g/mol. The molecule has 0 aliphatic heterocycles. The van der Waals surface area contributed by atoms with Crippen molar-refractivity contribution < 1.29 is 9.32 Å². The van der Waals surface area contributed by atoms with E-state index in [1.165, 1.54) is 19.3 Å². The summed E-state index contributed by atoms with van der Waals surface area (Å²) < 4.78 is 5.35. The van der Waals surface area contributed by atoms with Gasteiger partial charge in [-0.15, -0.1) is 12.4 Å². The van der Waals surface area contributed by atoms with E-state index in [9.17, 15) is 4.79 Å². The highest BCUT2D eigenvalue weighted by Crippen LogP contribution is 2.31. The quantitative estimate of drug-likeness (QED) is 0.847. The largest absolute Gasteiger partial charge is 0.343 e. The van der Waals surface area contributed by atoms with Crippen LogP contribution >= 0.6 is 12.4 Å². The SMILES string of the molecule is CC(NC(=O)C(N)c1ccccc1)c1nc(C2CCCCC2)no1.Cl. The fraction of sp³-hybridized carbons (Fsp3) is 0.500. The smallest absolute Gasteiger partial charge is 0.248 e. The van der Waals surface area contributed by atoms with Gasteiger partial charge in [-0.1, -0.05) is 54.8 Å². The van der Waals surface area contributed by atoms with Crippen molar-refractivity contribution in [1.29, 1.82) is 0 Å². The molecule has 0 bridgehead atoms. The highest BCUT2D eigenvalue weighted by molar-refractivity contribution is 5.85. The van der Waals surface area contributed by atoms with E-state index in [1.807, 2.05) is 37.3 Å². The van der Waals surface area contributed by atoms with E-state index in [-0.39, 0.29) is 24.4 Å². The minimum absolute atomic E-state index is 0. The van der Waals surface area contributed by atoms with Gasteiger partial charge in [-0.05, 0) is 25.3 Å². The lowest BCUT2D eigenvalue weighted by molar-refractivity contribution is -0.123. The van der Waals surface area contributed by atoms with E-state index in [2.05, 4.69) is 15.5 Å². The van der Waals surface area contributed by atoms with E-state index in [0.29, 0.717) is 11.8 Å². The molecule has 1 aromatic carbocycles. The Morgan fingerprint density at radius 2 is 1.92 bits per heavy atom. The first-order valence-corrected chi connectivity index (χ1v) is 8.59. The summed E-state index contributed by atoms with van der Waals surface area (Å²) in [4.78, 5) is 16.8. The van der Waals surface area contributed by atoms with Gasteiger partial charge in [0.2, 0.25) is 11.8 Å². The van der Waals surface area contributed by atoms with Crippen molar-refractivity contribution in [2.45, 2.75) is 57.0 Å². The average Bonchev–Trinajstić information content (AvgIpc) is 3.13. The van der Waals surface area contributed by atoms with Crippen LogP contribution in [-0.4, -0.2) is 16.0 Å². The van der Waals surface area contributed by atoms with Gasteiger partial charge < -0.3 is 15.6 Å². The van der Waals surface area contributed by atoms with Crippen LogP contribution in [-0.2, 0) is 4.79 Å². The van der Waals surface area contributed by atoms with Gasteiger partial charge in [0.25, 0.3) is 0 Å². The molecule has 1 fully saturated rings. The Bertz CT molecular complexity index is 671. The zero-order valence-corrected chi connectivity index (χ0v) is 15.2. The van der Waals surface area contributed by atoms with E-state index >= 15 is 0 Å². The summed E-state index contributed by atoms with van der Waals surface area (Å²) in [6.07, 6.45) is 5.93. The molecule has 3 N–H and O–H groups in total. The minimum atomic E-state index is -0.714. The van der Waals surface area contributed by atoms with Crippen LogP contribution in [0.25, 0.3) is 0 Å². The highest BCUT2D eigenvalue weighted by atomic mass is 35.5. The Morgan fingerprint density at radius 1 is 1.24 bits per heavy atom. The highest BCUT2D eigenvalue weighted by Gasteiger charge is 2.24. The second-order valence-electron chi connectivity index (χ2n) is 6.44. The maximum atomic E-state index is 12.3. The van der Waals surface area contributed by atoms with E-state index in [4.69, 9.17) is 10.3 Å². The maximum Gasteiger partial charge on any atom is 0.248 e. The molecule has 1 heterocycles. The number of rotatable bonds is 5. The number of hydrogen-bond acceptors (Lipinski definition) is 5. The molecule has 136 valence electrons. The predicted octanol–water partition coefficient (Wildman–Crippen LogP) is 3.42. The van der Waals surface area contributed by atoms with Crippen LogP contribution in [0.15, 0.2) is 34.9 Å². The van der Waals surface area contributed by atoms with Crippen LogP contribution in [0.4, 0.5) is 0 Å². The maximum absolute atomic E-state index is 12.3. The fourth-order valence-corrected chi connectivity index (χ4v) is 3.13. The van der Waals surface area contributed by atoms with Crippen molar-refractivity contribution >= 4 is 18.3 Å². The van der Waals surface area contributed by atoms with Crippen molar-refractivity contribution in [3.8, 4) is 0 Å². The standard InChI is InChI=1S/C18H24N4O2.ClH/c1-12(20-17(23)15(19)13-8-4-2-5-9-13)18-21-16(22-24-18)14-10-6-3-7-11-14;/h2,4-5,8-9,12,14-15H,3,6-7,10-11,19H2,1H3,(H,20,23);1H. The predicted molar refractivity (Wildman–Crippen MR) is 97.3 cm³/mol. The second kappa shape index (κ2) is 8.97. The molecule has 1 aliphatic rings. The molecule has 6 nitrogen and oxygen atoms in total. The summed E-state index contributed by atoms with van der Waals surface area (Å²) in [6, 6.07) is 8.21. The van der Waals surface area contributed by atoms with E-state index in [1.54, 1.807) is 0 Å².